The van der Waals surface area contributed by atoms with Gasteiger partial charge in [0.25, 0.3) is 0 Å². The highest BCUT2D eigenvalue weighted by atomic mass is 31.2. The van der Waals surface area contributed by atoms with E-state index in [-0.39, 0.29) is 30.1 Å². The maximum atomic E-state index is 16.1. The molecule has 4 rings (SSSR count). The summed E-state index contributed by atoms with van der Waals surface area (Å²) in [4.78, 5) is 25.3. The highest BCUT2D eigenvalue weighted by Gasteiger charge is 2.49. The molecule has 0 saturated carbocycles. The first-order valence-electron chi connectivity index (χ1n) is 13.5. The molecule has 0 amide bonds. The molecular formula is C26H37FN7O6P. The first kappa shape index (κ1) is 30.6. The molecule has 5 atom stereocenters. The SMILES string of the molecule is CCCNc1nc(N)nc2c1ncn2[C@@H]1O[C@](F)(COP(=O)(N[C@@H](C)C(=O)OC(C)C)Oc2ccccc2)C[C@@H]1C. The van der Waals surface area contributed by atoms with Gasteiger partial charge in [0, 0.05) is 18.9 Å². The molecule has 0 radical (unpaired) electrons. The number of imidazole rings is 1. The number of nitrogen functional groups attached to an aromatic ring is 1. The van der Waals surface area contributed by atoms with Gasteiger partial charge in [0.2, 0.25) is 11.8 Å². The normalized spacial score (nSPS) is 22.9. The molecule has 15 heteroatoms. The van der Waals surface area contributed by atoms with Gasteiger partial charge in [-0.3, -0.25) is 13.9 Å². The number of esters is 1. The van der Waals surface area contributed by atoms with Crippen LogP contribution in [-0.2, 0) is 23.4 Å². The molecular weight excluding hydrogens is 556 g/mol. The summed E-state index contributed by atoms with van der Waals surface area (Å²) in [6.07, 6.45) is 1.07. The fourth-order valence-electron chi connectivity index (χ4n) is 4.39. The maximum Gasteiger partial charge on any atom is 0.459 e. The molecule has 224 valence electrons. The van der Waals surface area contributed by atoms with Crippen molar-refractivity contribution in [1.29, 1.82) is 0 Å². The van der Waals surface area contributed by atoms with E-state index in [0.717, 1.165) is 6.42 Å². The Morgan fingerprint density at radius 1 is 1.29 bits per heavy atom. The number of hydrogen-bond donors (Lipinski definition) is 3. The van der Waals surface area contributed by atoms with Crippen molar-refractivity contribution >= 4 is 36.6 Å². The molecule has 1 fully saturated rings. The summed E-state index contributed by atoms with van der Waals surface area (Å²) in [5, 5.41) is 5.73. The molecule has 3 heterocycles. The average Bonchev–Trinajstić information content (AvgIpc) is 3.46. The number of halogens is 1. The quantitative estimate of drug-likeness (QED) is 0.187. The molecule has 3 aromatic rings. The van der Waals surface area contributed by atoms with Gasteiger partial charge in [0.1, 0.15) is 24.6 Å². The third kappa shape index (κ3) is 7.50. The second-order valence-corrected chi connectivity index (χ2v) is 12.0. The number of ether oxygens (including phenoxy) is 2. The Morgan fingerprint density at radius 2 is 2.02 bits per heavy atom. The predicted octanol–water partition coefficient (Wildman–Crippen LogP) is 4.58. The van der Waals surface area contributed by atoms with E-state index in [0.29, 0.717) is 23.5 Å². The van der Waals surface area contributed by atoms with Crippen molar-refractivity contribution in [3.05, 3.63) is 36.7 Å². The van der Waals surface area contributed by atoms with Crippen LogP contribution >= 0.6 is 7.75 Å². The van der Waals surface area contributed by atoms with Gasteiger partial charge in [0.05, 0.1) is 12.4 Å². The molecule has 41 heavy (non-hydrogen) atoms. The van der Waals surface area contributed by atoms with E-state index in [1.807, 2.05) is 6.92 Å². The van der Waals surface area contributed by atoms with Gasteiger partial charge in [-0.15, -0.1) is 0 Å². The molecule has 1 aromatic carbocycles. The molecule has 2 aromatic heterocycles. The van der Waals surface area contributed by atoms with Crippen LogP contribution in [0.3, 0.4) is 0 Å². The van der Waals surface area contributed by atoms with E-state index in [1.54, 1.807) is 55.7 Å². The van der Waals surface area contributed by atoms with Gasteiger partial charge < -0.3 is 25.0 Å². The second-order valence-electron chi connectivity index (χ2n) is 10.3. The molecule has 1 aliphatic heterocycles. The number of benzene rings is 1. The van der Waals surface area contributed by atoms with E-state index >= 15 is 4.39 Å². The van der Waals surface area contributed by atoms with Crippen molar-refractivity contribution < 1.29 is 32.3 Å². The van der Waals surface area contributed by atoms with Gasteiger partial charge in [-0.25, -0.2) is 13.9 Å². The van der Waals surface area contributed by atoms with Crippen LogP contribution in [-0.4, -0.2) is 56.6 Å². The number of nitrogens with two attached hydrogens (primary N) is 1. The van der Waals surface area contributed by atoms with Crippen molar-refractivity contribution in [2.75, 3.05) is 24.2 Å². The lowest BCUT2D eigenvalue weighted by atomic mass is 10.1. The second kappa shape index (κ2) is 12.7. The third-order valence-corrected chi connectivity index (χ3v) is 7.80. The van der Waals surface area contributed by atoms with Crippen molar-refractivity contribution in [2.45, 2.75) is 71.7 Å². The maximum absolute atomic E-state index is 16.1. The first-order chi connectivity index (χ1) is 19.4. The summed E-state index contributed by atoms with van der Waals surface area (Å²) in [5.74, 6) is -2.65. The first-order valence-corrected chi connectivity index (χ1v) is 15.0. The molecule has 0 aliphatic carbocycles. The van der Waals surface area contributed by atoms with Crippen LogP contribution in [0, 0.1) is 5.92 Å². The Hall–Kier alpha value is -3.32. The smallest absolute Gasteiger partial charge is 0.459 e. The van der Waals surface area contributed by atoms with Crippen molar-refractivity contribution in [2.24, 2.45) is 5.92 Å². The number of alkyl halides is 1. The van der Waals surface area contributed by atoms with E-state index in [9.17, 15) is 9.36 Å². The van der Waals surface area contributed by atoms with Crippen LogP contribution in [0.15, 0.2) is 36.7 Å². The lowest BCUT2D eigenvalue weighted by Gasteiger charge is -2.26. The molecule has 1 saturated heterocycles. The number of carbonyl (C=O) groups is 1. The molecule has 0 bridgehead atoms. The lowest BCUT2D eigenvalue weighted by molar-refractivity contribution is -0.173. The number of nitrogens with zero attached hydrogens (tertiary/aromatic N) is 4. The van der Waals surface area contributed by atoms with Crippen LogP contribution in [0.2, 0.25) is 0 Å². The summed E-state index contributed by atoms with van der Waals surface area (Å²) in [7, 11) is -4.29. The zero-order chi connectivity index (χ0) is 29.8. The average molecular weight is 594 g/mol. The zero-order valence-corrected chi connectivity index (χ0v) is 24.6. The Bertz CT molecular complexity index is 1390. The van der Waals surface area contributed by atoms with E-state index in [1.165, 1.54) is 13.3 Å². The minimum atomic E-state index is -4.29. The number of rotatable bonds is 13. The van der Waals surface area contributed by atoms with Crippen LogP contribution in [0.4, 0.5) is 16.2 Å². The number of anilines is 2. The Balaban J connectivity index is 1.53. The van der Waals surface area contributed by atoms with Crippen molar-refractivity contribution in [3.8, 4) is 5.75 Å². The van der Waals surface area contributed by atoms with E-state index in [4.69, 9.17) is 24.3 Å². The largest absolute Gasteiger partial charge is 0.462 e. The van der Waals surface area contributed by atoms with Gasteiger partial charge in [-0.1, -0.05) is 32.0 Å². The predicted molar refractivity (Wildman–Crippen MR) is 151 cm³/mol. The standard InChI is InChI=1S/C26H37FN7O6P/c1-6-12-29-21-20-22(32-25(28)31-21)34(15-30-20)23-17(4)13-26(27,39-23)14-37-41(36,40-19-10-8-7-9-11-19)33-18(5)24(35)38-16(2)3/h7-11,15-18,23H,6,12-14H2,1-5H3,(H,33,36)(H3,28,29,31,32)/t17-,18-,23+,26-,41?/m0/s1. The number of nitrogens with one attached hydrogen (secondary N) is 2. The molecule has 13 nitrogen and oxygen atoms in total. The summed E-state index contributed by atoms with van der Waals surface area (Å²) < 4.78 is 53.7. The van der Waals surface area contributed by atoms with Crippen molar-refractivity contribution in [1.82, 2.24) is 24.6 Å². The molecule has 1 unspecified atom stereocenters. The van der Waals surface area contributed by atoms with Gasteiger partial charge in [-0.2, -0.15) is 15.1 Å². The van der Waals surface area contributed by atoms with Crippen LogP contribution in [0.1, 0.15) is 53.7 Å². The topological polar surface area (TPSA) is 165 Å². The number of fused-ring (bicyclic) bond motifs is 1. The molecule has 4 N–H and O–H groups in total. The van der Waals surface area contributed by atoms with Crippen LogP contribution in [0.25, 0.3) is 11.2 Å². The Morgan fingerprint density at radius 3 is 2.71 bits per heavy atom. The summed E-state index contributed by atoms with van der Waals surface area (Å²) in [6.45, 7) is 8.57. The summed E-state index contributed by atoms with van der Waals surface area (Å²) >= 11 is 0. The molecule has 0 spiro atoms. The zero-order valence-electron chi connectivity index (χ0n) is 23.7. The third-order valence-electron chi connectivity index (χ3n) is 6.18. The van der Waals surface area contributed by atoms with E-state index in [2.05, 4.69) is 25.4 Å². The number of aromatic nitrogens is 4. The van der Waals surface area contributed by atoms with Gasteiger partial charge >= 0.3 is 13.7 Å². The highest BCUT2D eigenvalue weighted by Crippen LogP contribution is 2.49. The van der Waals surface area contributed by atoms with E-state index < -0.39 is 38.4 Å². The molecule has 1 aliphatic rings. The minimum Gasteiger partial charge on any atom is -0.462 e. The van der Waals surface area contributed by atoms with Crippen LogP contribution in [0.5, 0.6) is 5.75 Å². The fourth-order valence-corrected chi connectivity index (χ4v) is 5.91. The summed E-state index contributed by atoms with van der Waals surface area (Å²) in [6, 6.07) is 7.15. The number of hydrogen-bond acceptors (Lipinski definition) is 11. The fraction of sp³-hybridized carbons (Fsp3) is 0.538. The van der Waals surface area contributed by atoms with Crippen molar-refractivity contribution in [3.63, 3.8) is 0 Å². The van der Waals surface area contributed by atoms with Gasteiger partial charge in [-0.05, 0) is 39.3 Å². The Labute approximate surface area is 237 Å². The Kier molecular flexibility index (Phi) is 9.48. The number of para-hydroxylation sites is 1. The lowest BCUT2D eigenvalue weighted by Crippen LogP contribution is -2.37. The minimum absolute atomic E-state index is 0.0357. The number of carbonyl (C=O) groups excluding carboxylic acids is 1. The highest BCUT2D eigenvalue weighted by molar-refractivity contribution is 7.52. The van der Waals surface area contributed by atoms with Gasteiger partial charge in [0.15, 0.2) is 17.0 Å². The van der Waals surface area contributed by atoms with Crippen LogP contribution < -0.4 is 20.7 Å². The monoisotopic (exact) mass is 593 g/mol. The summed E-state index contributed by atoms with van der Waals surface area (Å²) in [5.41, 5.74) is 6.79.